The highest BCUT2D eigenvalue weighted by atomic mass is 32.2. The normalized spacial score (nSPS) is 17.5. The van der Waals surface area contributed by atoms with E-state index in [1.54, 1.807) is 0 Å². The number of rotatable bonds is 7. The fraction of sp³-hybridized carbons (Fsp3) is 0.529. The van der Waals surface area contributed by atoms with E-state index in [1.807, 2.05) is 0 Å². The molecule has 1 saturated heterocycles. The Morgan fingerprint density at radius 3 is 2.64 bits per heavy atom. The van der Waals surface area contributed by atoms with Gasteiger partial charge in [0.2, 0.25) is 10.0 Å². The number of nitrogens with zero attached hydrogens (tertiary/aromatic N) is 1. The molecular weight excluding hydrogens is 296 g/mol. The van der Waals surface area contributed by atoms with Crippen LogP contribution < -0.4 is 4.72 Å². The Balaban J connectivity index is 1.76. The van der Waals surface area contributed by atoms with Gasteiger partial charge in [-0.2, -0.15) is 0 Å². The molecule has 0 aliphatic carbocycles. The van der Waals surface area contributed by atoms with E-state index in [2.05, 4.69) is 47.4 Å². The van der Waals surface area contributed by atoms with Crippen LogP contribution in [0.3, 0.4) is 0 Å². The monoisotopic (exact) mass is 322 g/mol. The molecule has 0 spiro atoms. The van der Waals surface area contributed by atoms with Gasteiger partial charge in [0.25, 0.3) is 0 Å². The first-order valence-corrected chi connectivity index (χ1v) is 9.50. The van der Waals surface area contributed by atoms with Crippen LogP contribution in [0, 0.1) is 12.8 Å². The number of likely N-dealkylation sites (tertiary alicyclic amines) is 1. The second-order valence-corrected chi connectivity index (χ2v) is 7.92. The van der Waals surface area contributed by atoms with Crippen LogP contribution in [0.1, 0.15) is 24.0 Å². The summed E-state index contributed by atoms with van der Waals surface area (Å²) >= 11 is 0. The SMILES string of the molecule is C=CCS(=O)(=O)NCC1CCN(Cc2ccccc2C)CC1. The Labute approximate surface area is 134 Å². The molecular formula is C17H26N2O2S. The van der Waals surface area contributed by atoms with Crippen LogP contribution in [0.15, 0.2) is 36.9 Å². The molecule has 4 nitrogen and oxygen atoms in total. The molecule has 122 valence electrons. The second-order valence-electron chi connectivity index (χ2n) is 6.06. The van der Waals surface area contributed by atoms with Gasteiger partial charge in [-0.1, -0.05) is 30.3 Å². The quantitative estimate of drug-likeness (QED) is 0.784. The molecule has 0 amide bonds. The van der Waals surface area contributed by atoms with Crippen molar-refractivity contribution in [2.45, 2.75) is 26.3 Å². The molecule has 0 bridgehead atoms. The molecule has 5 heteroatoms. The molecule has 1 fully saturated rings. The standard InChI is InChI=1S/C17H26N2O2S/c1-3-12-22(20,21)18-13-16-8-10-19(11-9-16)14-17-7-5-4-6-15(17)2/h3-7,16,18H,1,8-14H2,2H3. The molecule has 0 aromatic heterocycles. The zero-order valence-electron chi connectivity index (χ0n) is 13.3. The first-order chi connectivity index (χ1) is 10.5. The minimum absolute atomic E-state index is 0.000864. The Bertz CT molecular complexity index is 590. The van der Waals surface area contributed by atoms with Crippen molar-refractivity contribution in [2.75, 3.05) is 25.4 Å². The predicted molar refractivity (Wildman–Crippen MR) is 91.2 cm³/mol. The van der Waals surface area contributed by atoms with E-state index >= 15 is 0 Å². The molecule has 0 unspecified atom stereocenters. The Morgan fingerprint density at radius 2 is 2.00 bits per heavy atom. The van der Waals surface area contributed by atoms with Crippen molar-refractivity contribution < 1.29 is 8.42 Å². The third kappa shape index (κ3) is 5.23. The Kier molecular flexibility index (Phi) is 6.17. The molecule has 1 aromatic rings. The van der Waals surface area contributed by atoms with Gasteiger partial charge in [-0.15, -0.1) is 6.58 Å². The molecule has 1 aliphatic rings. The van der Waals surface area contributed by atoms with E-state index < -0.39 is 10.0 Å². The summed E-state index contributed by atoms with van der Waals surface area (Å²) in [5, 5.41) is 0. The number of benzene rings is 1. The maximum atomic E-state index is 11.6. The highest BCUT2D eigenvalue weighted by Crippen LogP contribution is 2.19. The van der Waals surface area contributed by atoms with E-state index in [-0.39, 0.29) is 5.75 Å². The third-order valence-corrected chi connectivity index (χ3v) is 5.57. The fourth-order valence-electron chi connectivity index (χ4n) is 2.84. The second kappa shape index (κ2) is 7.90. The van der Waals surface area contributed by atoms with Gasteiger partial charge in [-0.25, -0.2) is 13.1 Å². The van der Waals surface area contributed by atoms with Crippen LogP contribution in [-0.2, 0) is 16.6 Å². The van der Waals surface area contributed by atoms with Crippen LogP contribution in [0.25, 0.3) is 0 Å². The maximum Gasteiger partial charge on any atom is 0.215 e. The summed E-state index contributed by atoms with van der Waals surface area (Å²) < 4.78 is 25.9. The van der Waals surface area contributed by atoms with E-state index in [9.17, 15) is 8.42 Å². The zero-order chi connectivity index (χ0) is 16.0. The molecule has 2 rings (SSSR count). The van der Waals surface area contributed by atoms with Gasteiger partial charge in [-0.05, 0) is 49.9 Å². The van der Waals surface area contributed by atoms with E-state index in [4.69, 9.17) is 0 Å². The van der Waals surface area contributed by atoms with Gasteiger partial charge < -0.3 is 0 Å². The number of aryl methyl sites for hydroxylation is 1. The Hall–Kier alpha value is -1.17. The summed E-state index contributed by atoms with van der Waals surface area (Å²) in [6.45, 7) is 9.22. The van der Waals surface area contributed by atoms with Crippen LogP contribution in [0.4, 0.5) is 0 Å². The average Bonchev–Trinajstić information content (AvgIpc) is 2.49. The zero-order valence-corrected chi connectivity index (χ0v) is 14.1. The molecule has 22 heavy (non-hydrogen) atoms. The highest BCUT2D eigenvalue weighted by Gasteiger charge is 2.21. The van der Waals surface area contributed by atoms with Crippen molar-refractivity contribution >= 4 is 10.0 Å². The smallest absolute Gasteiger partial charge is 0.215 e. The maximum absolute atomic E-state index is 11.6. The molecule has 0 radical (unpaired) electrons. The molecule has 0 saturated carbocycles. The predicted octanol–water partition coefficient (Wildman–Crippen LogP) is 2.31. The van der Waals surface area contributed by atoms with Crippen molar-refractivity contribution in [1.29, 1.82) is 0 Å². The number of nitrogens with one attached hydrogen (secondary N) is 1. The summed E-state index contributed by atoms with van der Waals surface area (Å²) in [5.74, 6) is 0.437. The number of hydrogen-bond donors (Lipinski definition) is 1. The molecule has 1 heterocycles. The third-order valence-electron chi connectivity index (χ3n) is 4.29. The molecule has 1 aliphatic heterocycles. The van der Waals surface area contributed by atoms with Crippen molar-refractivity contribution in [1.82, 2.24) is 9.62 Å². The van der Waals surface area contributed by atoms with Crippen LogP contribution in [0.2, 0.25) is 0 Å². The summed E-state index contributed by atoms with van der Waals surface area (Å²) in [7, 11) is -3.18. The van der Waals surface area contributed by atoms with Crippen LogP contribution >= 0.6 is 0 Å². The van der Waals surface area contributed by atoms with Gasteiger partial charge in [0.1, 0.15) is 0 Å². The fourth-order valence-corrected chi connectivity index (χ4v) is 3.75. The lowest BCUT2D eigenvalue weighted by Crippen LogP contribution is -2.38. The van der Waals surface area contributed by atoms with Crippen LogP contribution in [0.5, 0.6) is 0 Å². The van der Waals surface area contributed by atoms with Crippen molar-refractivity contribution in [3.8, 4) is 0 Å². The largest absolute Gasteiger partial charge is 0.299 e. The summed E-state index contributed by atoms with van der Waals surface area (Å²) in [5.41, 5.74) is 2.72. The minimum atomic E-state index is -3.18. The highest BCUT2D eigenvalue weighted by molar-refractivity contribution is 7.89. The average molecular weight is 322 g/mol. The number of piperidine rings is 1. The lowest BCUT2D eigenvalue weighted by atomic mass is 9.96. The molecule has 1 N–H and O–H groups in total. The summed E-state index contributed by atoms with van der Waals surface area (Å²) in [4.78, 5) is 2.46. The van der Waals surface area contributed by atoms with E-state index in [0.29, 0.717) is 12.5 Å². The minimum Gasteiger partial charge on any atom is -0.299 e. The Morgan fingerprint density at radius 1 is 1.32 bits per heavy atom. The lowest BCUT2D eigenvalue weighted by Gasteiger charge is -2.32. The van der Waals surface area contributed by atoms with Gasteiger partial charge in [0.15, 0.2) is 0 Å². The van der Waals surface area contributed by atoms with Gasteiger partial charge >= 0.3 is 0 Å². The molecule has 1 aromatic carbocycles. The van der Waals surface area contributed by atoms with Crippen LogP contribution in [-0.4, -0.2) is 38.7 Å². The lowest BCUT2D eigenvalue weighted by molar-refractivity contribution is 0.178. The number of hydrogen-bond acceptors (Lipinski definition) is 3. The van der Waals surface area contributed by atoms with E-state index in [1.165, 1.54) is 17.2 Å². The van der Waals surface area contributed by atoms with Gasteiger partial charge in [0, 0.05) is 13.1 Å². The van der Waals surface area contributed by atoms with Crippen molar-refractivity contribution in [3.63, 3.8) is 0 Å². The summed E-state index contributed by atoms with van der Waals surface area (Å²) in [6.07, 6.45) is 3.51. The van der Waals surface area contributed by atoms with Gasteiger partial charge in [-0.3, -0.25) is 4.90 Å². The van der Waals surface area contributed by atoms with Crippen molar-refractivity contribution in [3.05, 3.63) is 48.0 Å². The first-order valence-electron chi connectivity index (χ1n) is 7.85. The van der Waals surface area contributed by atoms with E-state index in [0.717, 1.165) is 32.5 Å². The van der Waals surface area contributed by atoms with Gasteiger partial charge in [0.05, 0.1) is 5.75 Å². The topological polar surface area (TPSA) is 49.4 Å². The summed E-state index contributed by atoms with van der Waals surface area (Å²) in [6, 6.07) is 8.49. The molecule has 0 atom stereocenters. The number of sulfonamides is 1. The van der Waals surface area contributed by atoms with Crippen molar-refractivity contribution in [2.24, 2.45) is 5.92 Å². The first kappa shape index (κ1) is 17.2.